The van der Waals surface area contributed by atoms with Gasteiger partial charge in [-0.15, -0.1) is 11.6 Å². The van der Waals surface area contributed by atoms with E-state index in [0.717, 1.165) is 22.5 Å². The number of nitrogens with zero attached hydrogens (tertiary/aromatic N) is 3. The van der Waals surface area contributed by atoms with E-state index in [0.29, 0.717) is 12.4 Å². The van der Waals surface area contributed by atoms with Crippen molar-refractivity contribution in [3.8, 4) is 5.75 Å². The Morgan fingerprint density at radius 1 is 1.43 bits per heavy atom. The second-order valence-corrected chi connectivity index (χ2v) is 4.97. The van der Waals surface area contributed by atoms with Gasteiger partial charge in [-0.2, -0.15) is 5.10 Å². The molecule has 0 fully saturated rings. The van der Waals surface area contributed by atoms with Crippen LogP contribution in [0.1, 0.15) is 22.5 Å². The third kappa shape index (κ3) is 3.00. The standard InChI is InChI=1S/C14H16ClN3O3/c1-9-12(7-15)10(2)17(16-9)8-11-4-5-14(21-3)13(6-11)18(19)20/h4-6H,7-8H2,1-3H3. The van der Waals surface area contributed by atoms with Crippen LogP contribution >= 0.6 is 11.6 Å². The van der Waals surface area contributed by atoms with Crippen LogP contribution < -0.4 is 4.74 Å². The maximum atomic E-state index is 11.0. The van der Waals surface area contributed by atoms with Crippen molar-refractivity contribution in [3.05, 3.63) is 50.8 Å². The van der Waals surface area contributed by atoms with Gasteiger partial charge in [-0.1, -0.05) is 6.07 Å². The number of aryl methyl sites for hydroxylation is 1. The molecule has 21 heavy (non-hydrogen) atoms. The van der Waals surface area contributed by atoms with E-state index in [4.69, 9.17) is 16.3 Å². The summed E-state index contributed by atoms with van der Waals surface area (Å²) in [5.41, 5.74) is 3.59. The first-order valence-corrected chi connectivity index (χ1v) is 6.91. The lowest BCUT2D eigenvalue weighted by Gasteiger charge is -2.07. The maximum Gasteiger partial charge on any atom is 0.311 e. The Hall–Kier alpha value is -2.08. The number of hydrogen-bond acceptors (Lipinski definition) is 4. The van der Waals surface area contributed by atoms with Crippen LogP contribution in [0.4, 0.5) is 5.69 Å². The molecule has 0 spiro atoms. The molecular formula is C14H16ClN3O3. The minimum absolute atomic E-state index is 0.0471. The van der Waals surface area contributed by atoms with Crippen molar-refractivity contribution in [1.29, 1.82) is 0 Å². The van der Waals surface area contributed by atoms with Crippen molar-refractivity contribution in [1.82, 2.24) is 9.78 Å². The van der Waals surface area contributed by atoms with Crippen LogP contribution in [0.25, 0.3) is 0 Å². The Bertz CT molecular complexity index is 682. The first-order valence-electron chi connectivity index (χ1n) is 6.38. The first-order chi connectivity index (χ1) is 9.97. The van der Waals surface area contributed by atoms with Gasteiger partial charge in [-0.05, 0) is 25.5 Å². The number of aromatic nitrogens is 2. The largest absolute Gasteiger partial charge is 0.490 e. The minimum atomic E-state index is -0.451. The molecule has 0 aliphatic heterocycles. The SMILES string of the molecule is COc1ccc(Cn2nc(C)c(CCl)c2C)cc1[N+](=O)[O-]. The van der Waals surface area contributed by atoms with Gasteiger partial charge in [0.15, 0.2) is 5.75 Å². The van der Waals surface area contributed by atoms with Crippen molar-refractivity contribution >= 4 is 17.3 Å². The highest BCUT2D eigenvalue weighted by atomic mass is 35.5. The zero-order valence-electron chi connectivity index (χ0n) is 12.1. The van der Waals surface area contributed by atoms with Gasteiger partial charge >= 0.3 is 5.69 Å². The van der Waals surface area contributed by atoms with E-state index < -0.39 is 4.92 Å². The molecule has 6 nitrogen and oxygen atoms in total. The summed E-state index contributed by atoms with van der Waals surface area (Å²) in [5.74, 6) is 0.652. The van der Waals surface area contributed by atoms with Crippen molar-refractivity contribution < 1.29 is 9.66 Å². The molecule has 0 radical (unpaired) electrons. The predicted molar refractivity (Wildman–Crippen MR) is 80.0 cm³/mol. The number of nitro groups is 1. The molecule has 0 aliphatic carbocycles. The highest BCUT2D eigenvalue weighted by Gasteiger charge is 2.16. The van der Waals surface area contributed by atoms with E-state index in [1.807, 2.05) is 13.8 Å². The maximum absolute atomic E-state index is 11.0. The highest BCUT2D eigenvalue weighted by molar-refractivity contribution is 6.17. The summed E-state index contributed by atoms with van der Waals surface area (Å²) in [6.45, 7) is 4.29. The molecule has 1 heterocycles. The number of ether oxygens (including phenoxy) is 1. The molecule has 2 rings (SSSR count). The second kappa shape index (κ2) is 6.13. The molecule has 0 saturated heterocycles. The highest BCUT2D eigenvalue weighted by Crippen LogP contribution is 2.28. The number of nitro benzene ring substituents is 1. The number of benzene rings is 1. The third-order valence-electron chi connectivity index (χ3n) is 3.44. The lowest BCUT2D eigenvalue weighted by molar-refractivity contribution is -0.385. The summed E-state index contributed by atoms with van der Waals surface area (Å²) in [7, 11) is 1.41. The van der Waals surface area contributed by atoms with E-state index in [1.54, 1.807) is 16.8 Å². The number of halogens is 1. The van der Waals surface area contributed by atoms with Crippen molar-refractivity contribution in [2.45, 2.75) is 26.3 Å². The molecule has 0 bridgehead atoms. The van der Waals surface area contributed by atoms with Gasteiger partial charge in [0, 0.05) is 17.3 Å². The molecule has 1 aromatic carbocycles. The Kier molecular flexibility index (Phi) is 4.47. The monoisotopic (exact) mass is 309 g/mol. The van der Waals surface area contributed by atoms with Gasteiger partial charge in [0.2, 0.25) is 0 Å². The van der Waals surface area contributed by atoms with Crippen LogP contribution in [-0.2, 0) is 12.4 Å². The number of rotatable bonds is 5. The molecule has 0 unspecified atom stereocenters. The fourth-order valence-corrected chi connectivity index (χ4v) is 2.62. The Morgan fingerprint density at radius 3 is 2.67 bits per heavy atom. The lowest BCUT2D eigenvalue weighted by Crippen LogP contribution is -2.05. The summed E-state index contributed by atoms with van der Waals surface area (Å²) >= 11 is 5.90. The Balaban J connectivity index is 2.36. The third-order valence-corrected chi connectivity index (χ3v) is 3.70. The number of alkyl halides is 1. The first kappa shape index (κ1) is 15.3. The van der Waals surface area contributed by atoms with Crippen LogP contribution in [0.15, 0.2) is 18.2 Å². The topological polar surface area (TPSA) is 70.2 Å². The average molecular weight is 310 g/mol. The van der Waals surface area contributed by atoms with Crippen LogP contribution in [0.2, 0.25) is 0 Å². The fourth-order valence-electron chi connectivity index (χ4n) is 2.23. The van der Waals surface area contributed by atoms with Gasteiger partial charge < -0.3 is 4.74 Å². The molecule has 7 heteroatoms. The smallest absolute Gasteiger partial charge is 0.311 e. The summed E-state index contributed by atoms with van der Waals surface area (Å²) in [5, 5.41) is 15.5. The molecule has 0 atom stereocenters. The normalized spacial score (nSPS) is 10.7. The Morgan fingerprint density at radius 2 is 2.14 bits per heavy atom. The van der Waals surface area contributed by atoms with Crippen LogP contribution in [0.5, 0.6) is 5.75 Å². The molecule has 0 aliphatic rings. The molecule has 0 amide bonds. The Labute approximate surface area is 127 Å². The van der Waals surface area contributed by atoms with Crippen molar-refractivity contribution in [2.24, 2.45) is 0 Å². The van der Waals surface area contributed by atoms with E-state index in [-0.39, 0.29) is 11.4 Å². The second-order valence-electron chi connectivity index (χ2n) is 4.70. The minimum Gasteiger partial charge on any atom is -0.490 e. The van der Waals surface area contributed by atoms with E-state index in [9.17, 15) is 10.1 Å². The lowest BCUT2D eigenvalue weighted by atomic mass is 10.2. The molecule has 2 aromatic rings. The fraction of sp³-hybridized carbons (Fsp3) is 0.357. The molecule has 1 aromatic heterocycles. The van der Waals surface area contributed by atoms with Gasteiger partial charge in [0.1, 0.15) is 0 Å². The van der Waals surface area contributed by atoms with E-state index in [2.05, 4.69) is 5.10 Å². The summed E-state index contributed by atoms with van der Waals surface area (Å²) in [4.78, 5) is 10.6. The molecular weight excluding hydrogens is 294 g/mol. The number of hydrogen-bond donors (Lipinski definition) is 0. The van der Waals surface area contributed by atoms with E-state index in [1.165, 1.54) is 13.2 Å². The molecule has 0 saturated carbocycles. The van der Waals surface area contributed by atoms with Gasteiger partial charge in [-0.3, -0.25) is 14.8 Å². The summed E-state index contributed by atoms with van der Waals surface area (Å²) in [6, 6.07) is 4.90. The summed E-state index contributed by atoms with van der Waals surface area (Å²) < 4.78 is 6.80. The van der Waals surface area contributed by atoms with Gasteiger partial charge in [-0.25, -0.2) is 0 Å². The van der Waals surface area contributed by atoms with Crippen LogP contribution in [0, 0.1) is 24.0 Å². The predicted octanol–water partition coefficient (Wildman–Crippen LogP) is 3.20. The molecule has 112 valence electrons. The zero-order valence-corrected chi connectivity index (χ0v) is 12.8. The quantitative estimate of drug-likeness (QED) is 0.483. The average Bonchev–Trinajstić information content (AvgIpc) is 2.72. The zero-order chi connectivity index (χ0) is 15.6. The van der Waals surface area contributed by atoms with E-state index >= 15 is 0 Å². The van der Waals surface area contributed by atoms with Crippen molar-refractivity contribution in [2.75, 3.05) is 7.11 Å². The molecule has 0 N–H and O–H groups in total. The van der Waals surface area contributed by atoms with Gasteiger partial charge in [0.25, 0.3) is 0 Å². The van der Waals surface area contributed by atoms with Gasteiger partial charge in [0.05, 0.1) is 30.2 Å². The van der Waals surface area contributed by atoms with Crippen LogP contribution in [-0.4, -0.2) is 21.8 Å². The summed E-state index contributed by atoms with van der Waals surface area (Å²) in [6.07, 6.45) is 0. The van der Waals surface area contributed by atoms with Crippen LogP contribution in [0.3, 0.4) is 0 Å². The van der Waals surface area contributed by atoms with Crippen molar-refractivity contribution in [3.63, 3.8) is 0 Å². The number of methoxy groups -OCH3 is 1.